The van der Waals surface area contributed by atoms with Gasteiger partial charge in [0.05, 0.1) is 24.3 Å². The smallest absolute Gasteiger partial charge is 0.272 e. The Morgan fingerprint density at radius 2 is 1.41 bits per heavy atom. The molecular formula is C33H37N7O4. The van der Waals surface area contributed by atoms with Gasteiger partial charge in [-0.2, -0.15) is 0 Å². The van der Waals surface area contributed by atoms with E-state index in [-0.39, 0.29) is 11.8 Å². The Bertz CT molecular complexity index is 1680. The summed E-state index contributed by atoms with van der Waals surface area (Å²) >= 11 is 0. The van der Waals surface area contributed by atoms with Crippen molar-refractivity contribution in [3.05, 3.63) is 101 Å². The van der Waals surface area contributed by atoms with Crippen LogP contribution in [0.3, 0.4) is 0 Å². The molecule has 4 aromatic rings. The monoisotopic (exact) mass is 595 g/mol. The largest absolute Gasteiger partial charge is 0.497 e. The molecule has 228 valence electrons. The van der Waals surface area contributed by atoms with Crippen LogP contribution in [0.5, 0.6) is 5.75 Å². The molecule has 0 saturated heterocycles. The first-order valence-electron chi connectivity index (χ1n) is 14.1. The van der Waals surface area contributed by atoms with Crippen LogP contribution in [-0.2, 0) is 14.1 Å². The third kappa shape index (κ3) is 8.25. The third-order valence-electron chi connectivity index (χ3n) is 6.78. The van der Waals surface area contributed by atoms with Crippen LogP contribution in [0.25, 0.3) is 12.2 Å². The second-order valence-corrected chi connectivity index (χ2v) is 10.1. The number of ether oxygens (including phenoxy) is 1. The number of nitrogens with one attached hydrogen (secondary N) is 5. The predicted molar refractivity (Wildman–Crippen MR) is 173 cm³/mol. The summed E-state index contributed by atoms with van der Waals surface area (Å²) < 4.78 is 8.50. The minimum Gasteiger partial charge on any atom is -0.497 e. The molecule has 2 heterocycles. The summed E-state index contributed by atoms with van der Waals surface area (Å²) in [5.41, 5.74) is 4.05. The number of nitrogens with zero attached hydrogens (tertiary/aromatic N) is 2. The van der Waals surface area contributed by atoms with E-state index in [1.54, 1.807) is 67.0 Å². The van der Waals surface area contributed by atoms with Gasteiger partial charge in [-0.05, 0) is 54.4 Å². The zero-order chi connectivity index (χ0) is 31.6. The molecule has 0 bridgehead atoms. The Kier molecular flexibility index (Phi) is 10.4. The van der Waals surface area contributed by atoms with Crippen LogP contribution in [0, 0.1) is 5.41 Å². The first-order valence-corrected chi connectivity index (χ1v) is 14.1. The fourth-order valence-electron chi connectivity index (χ4n) is 4.49. The zero-order valence-corrected chi connectivity index (χ0v) is 25.2. The van der Waals surface area contributed by atoms with Gasteiger partial charge in [0.2, 0.25) is 0 Å². The van der Waals surface area contributed by atoms with Gasteiger partial charge in [0, 0.05) is 51.6 Å². The summed E-state index contributed by atoms with van der Waals surface area (Å²) in [5.74, 6) is 0.145. The maximum absolute atomic E-state index is 13.0. The molecule has 2 aromatic heterocycles. The van der Waals surface area contributed by atoms with E-state index in [1.807, 2.05) is 55.5 Å². The minimum atomic E-state index is -0.392. The van der Waals surface area contributed by atoms with Gasteiger partial charge in [0.1, 0.15) is 17.1 Å². The van der Waals surface area contributed by atoms with Crippen LogP contribution in [0.4, 0.5) is 11.4 Å². The molecule has 11 heteroatoms. The second-order valence-electron chi connectivity index (χ2n) is 10.1. The Morgan fingerprint density at radius 1 is 0.795 bits per heavy atom. The van der Waals surface area contributed by atoms with E-state index in [9.17, 15) is 14.4 Å². The fourth-order valence-corrected chi connectivity index (χ4v) is 4.49. The summed E-state index contributed by atoms with van der Waals surface area (Å²) in [6, 6.07) is 18.1. The van der Waals surface area contributed by atoms with Crippen molar-refractivity contribution in [2.24, 2.45) is 14.1 Å². The summed E-state index contributed by atoms with van der Waals surface area (Å²) in [6.45, 7) is 2.88. The molecule has 0 unspecified atom stereocenters. The van der Waals surface area contributed by atoms with E-state index < -0.39 is 5.91 Å². The molecule has 0 atom stereocenters. The number of carbonyl (C=O) groups is 3. The van der Waals surface area contributed by atoms with Crippen molar-refractivity contribution in [3.8, 4) is 5.75 Å². The lowest BCUT2D eigenvalue weighted by Gasteiger charge is -2.07. The molecule has 0 aliphatic carbocycles. The predicted octanol–water partition coefficient (Wildman–Crippen LogP) is 4.75. The van der Waals surface area contributed by atoms with Gasteiger partial charge in [-0.3, -0.25) is 19.8 Å². The normalized spacial score (nSPS) is 10.8. The summed E-state index contributed by atoms with van der Waals surface area (Å²) in [5, 5.41) is 19.1. The van der Waals surface area contributed by atoms with Crippen LogP contribution in [0.2, 0.25) is 0 Å². The van der Waals surface area contributed by atoms with E-state index in [4.69, 9.17) is 10.1 Å². The second kappa shape index (κ2) is 14.5. The molecule has 4 rings (SSSR count). The van der Waals surface area contributed by atoms with E-state index in [0.717, 1.165) is 16.9 Å². The fraction of sp³-hybridized carbons (Fsp3) is 0.212. The Balaban J connectivity index is 1.33. The molecule has 5 N–H and O–H groups in total. The Morgan fingerprint density at radius 3 is 2.05 bits per heavy atom. The van der Waals surface area contributed by atoms with E-state index in [2.05, 4.69) is 21.3 Å². The standard InChI is InChI=1S/C33H37N7O4/c1-5-35-30(34)15-16-36-32(42)28-18-26(21-39(28)2)38-33(43)29-19-25(20-40(29)3)37-31(41)24-13-11-22(12-14-24)9-10-23-7-6-8-27(17-23)44-4/h6-14,17-21H,5,15-16H2,1-4H3,(H2,34,35)(H,36,42)(H,37,41)(H,38,43). The summed E-state index contributed by atoms with van der Waals surface area (Å²) in [6.07, 6.45) is 7.63. The van der Waals surface area contributed by atoms with Gasteiger partial charge in [0.25, 0.3) is 17.7 Å². The number of rotatable bonds is 12. The number of benzene rings is 2. The summed E-state index contributed by atoms with van der Waals surface area (Å²) in [4.78, 5) is 38.5. The van der Waals surface area contributed by atoms with Crippen LogP contribution in [0.1, 0.15) is 55.8 Å². The van der Waals surface area contributed by atoms with Gasteiger partial charge in [-0.15, -0.1) is 0 Å². The molecule has 0 radical (unpaired) electrons. The number of aryl methyl sites for hydroxylation is 2. The zero-order valence-electron chi connectivity index (χ0n) is 25.2. The highest BCUT2D eigenvalue weighted by Gasteiger charge is 2.17. The number of amidine groups is 1. The van der Waals surface area contributed by atoms with Crippen molar-refractivity contribution >= 4 is 47.1 Å². The van der Waals surface area contributed by atoms with Crippen LogP contribution < -0.4 is 26.0 Å². The van der Waals surface area contributed by atoms with Gasteiger partial charge >= 0.3 is 0 Å². The number of amides is 3. The van der Waals surface area contributed by atoms with Crippen molar-refractivity contribution in [2.75, 3.05) is 30.8 Å². The summed E-state index contributed by atoms with van der Waals surface area (Å²) in [7, 11) is 5.05. The first kappa shape index (κ1) is 31.4. The lowest BCUT2D eigenvalue weighted by Crippen LogP contribution is -2.31. The third-order valence-corrected chi connectivity index (χ3v) is 6.78. The average Bonchev–Trinajstić information content (AvgIpc) is 3.57. The molecule has 0 saturated carbocycles. The van der Waals surface area contributed by atoms with Crippen LogP contribution >= 0.6 is 0 Å². The molecule has 11 nitrogen and oxygen atoms in total. The molecule has 3 amide bonds. The molecule has 2 aromatic carbocycles. The highest BCUT2D eigenvalue weighted by molar-refractivity contribution is 6.07. The number of hydrogen-bond acceptors (Lipinski definition) is 5. The maximum Gasteiger partial charge on any atom is 0.272 e. The van der Waals surface area contributed by atoms with Crippen molar-refractivity contribution in [2.45, 2.75) is 13.3 Å². The van der Waals surface area contributed by atoms with Gasteiger partial charge in [-0.25, -0.2) is 0 Å². The topological polar surface area (TPSA) is 142 Å². The lowest BCUT2D eigenvalue weighted by atomic mass is 10.1. The lowest BCUT2D eigenvalue weighted by molar-refractivity contribution is 0.0945. The average molecular weight is 596 g/mol. The van der Waals surface area contributed by atoms with E-state index in [1.165, 1.54) is 0 Å². The molecular weight excluding hydrogens is 558 g/mol. The SMILES string of the molecule is CCNC(=N)CCNC(=O)c1cc(NC(=O)c2cc(NC(=O)c3ccc(C=Cc4cccc(OC)c4)cc3)cn2C)cn1C. The number of aromatic nitrogens is 2. The first-order chi connectivity index (χ1) is 21.2. The minimum absolute atomic E-state index is 0.301. The highest BCUT2D eigenvalue weighted by Crippen LogP contribution is 2.19. The van der Waals surface area contributed by atoms with Crippen LogP contribution in [-0.4, -0.2) is 52.9 Å². The Labute approximate surface area is 256 Å². The number of anilines is 2. The molecule has 44 heavy (non-hydrogen) atoms. The van der Waals surface area contributed by atoms with Gasteiger partial charge < -0.3 is 35.1 Å². The number of carbonyl (C=O) groups excluding carboxylic acids is 3. The van der Waals surface area contributed by atoms with Crippen molar-refractivity contribution < 1.29 is 19.1 Å². The van der Waals surface area contributed by atoms with Gasteiger partial charge in [-0.1, -0.05) is 36.4 Å². The van der Waals surface area contributed by atoms with Crippen molar-refractivity contribution in [3.63, 3.8) is 0 Å². The Hall–Kier alpha value is -5.58. The van der Waals surface area contributed by atoms with Gasteiger partial charge in [0.15, 0.2) is 0 Å². The number of hydrogen-bond donors (Lipinski definition) is 5. The highest BCUT2D eigenvalue weighted by atomic mass is 16.5. The molecule has 0 spiro atoms. The van der Waals surface area contributed by atoms with E-state index in [0.29, 0.717) is 53.7 Å². The molecule has 0 aliphatic rings. The van der Waals surface area contributed by atoms with Crippen molar-refractivity contribution in [1.29, 1.82) is 5.41 Å². The van der Waals surface area contributed by atoms with Crippen molar-refractivity contribution in [1.82, 2.24) is 19.8 Å². The quantitative estimate of drug-likeness (QED) is 0.0913. The maximum atomic E-state index is 13.0. The molecule has 0 aliphatic heterocycles. The molecule has 0 fully saturated rings. The van der Waals surface area contributed by atoms with E-state index >= 15 is 0 Å². The number of methoxy groups -OCH3 is 1. The van der Waals surface area contributed by atoms with Crippen LogP contribution in [0.15, 0.2) is 73.1 Å².